The van der Waals surface area contributed by atoms with Crippen LogP contribution in [-0.2, 0) is 0 Å². The Kier molecular flexibility index (Phi) is 1.45. The molecule has 0 saturated carbocycles. The highest BCUT2D eigenvalue weighted by Crippen LogP contribution is 1.41. The van der Waals surface area contributed by atoms with Crippen molar-refractivity contribution >= 4 is 16.0 Å². The Morgan fingerprint density at radius 3 is 1.50 bits per heavy atom. The van der Waals surface area contributed by atoms with Gasteiger partial charge in [0.2, 0.25) is 0 Å². The third-order valence-electron chi connectivity index (χ3n) is 0. The molecule has 0 amide bonds. The third-order valence-corrected chi connectivity index (χ3v) is 0. The monoisotopic (exact) mass is 51.0 g/mol. The van der Waals surface area contributed by atoms with E-state index in [1.165, 1.54) is 0 Å². The molecule has 0 fully saturated rings. The van der Waals surface area contributed by atoms with Crippen LogP contribution in [0.15, 0.2) is 0 Å². The number of rotatable bonds is 0. The van der Waals surface area contributed by atoms with E-state index in [4.69, 9.17) is 16.0 Å². The number of hydrogen-bond acceptors (Lipinski definition) is 1. The fourth-order valence-electron chi connectivity index (χ4n) is 0. The van der Waals surface area contributed by atoms with Gasteiger partial charge in [-0.25, -0.2) is 0 Å². The maximum atomic E-state index is 4.72. The van der Waals surface area contributed by atoms with Gasteiger partial charge < -0.3 is 4.72 Å². The van der Waals surface area contributed by atoms with Gasteiger partial charge in [-0.15, -0.1) is 0 Å². The van der Waals surface area contributed by atoms with Crippen LogP contribution in [0.5, 0.6) is 0 Å². The van der Waals surface area contributed by atoms with Crippen molar-refractivity contribution < 1.29 is 0 Å². The molecule has 0 saturated heterocycles. The zero-order valence-corrected chi connectivity index (χ0v) is 2.60. The Hall–Kier alpha value is 0.0899. The molecule has 0 aliphatic rings. The first-order valence-corrected chi connectivity index (χ1v) is 0.964. The quantitative estimate of drug-likeness (QED) is 0.321. The molecule has 0 spiro atoms. The van der Waals surface area contributed by atoms with Gasteiger partial charge in [-0.05, 0) is 7.05 Å². The van der Waals surface area contributed by atoms with Gasteiger partial charge in [0.1, 0.15) is 0 Å². The second-order valence-corrected chi connectivity index (χ2v) is 0.665. The highest BCUT2D eigenvalue weighted by atomic mass is 14.9. The van der Waals surface area contributed by atoms with Crippen molar-refractivity contribution in [2.45, 2.75) is 0 Å². The highest BCUT2D eigenvalue weighted by molar-refractivity contribution is 6.24. The summed E-state index contributed by atoms with van der Waals surface area (Å²) in [7, 11) is 11.0. The van der Waals surface area contributed by atoms with Crippen LogP contribution in [0.1, 0.15) is 0 Å². The summed E-state index contributed by atoms with van der Waals surface area (Å²) in [4.78, 5) is 0. The maximum absolute atomic E-state index is 4.72. The molecule has 4 radical (unpaired) electrons. The van der Waals surface area contributed by atoms with Crippen molar-refractivity contribution in [1.82, 2.24) is 4.72 Å². The molecule has 0 aliphatic heterocycles. The van der Waals surface area contributed by atoms with Gasteiger partial charge in [0.25, 0.3) is 0 Å². The van der Waals surface area contributed by atoms with E-state index in [0.29, 0.717) is 0 Å². The molecule has 0 aromatic rings. The van der Waals surface area contributed by atoms with Crippen molar-refractivity contribution in [3.05, 3.63) is 0 Å². The normalized spacial score (nSPS) is 8.50. The lowest BCUT2D eigenvalue weighted by Crippen LogP contribution is -2.05. The van der Waals surface area contributed by atoms with E-state index in [0.717, 1.165) is 4.72 Å². The second-order valence-electron chi connectivity index (χ2n) is 0.665. The summed E-state index contributed by atoms with van der Waals surface area (Å²) in [6.07, 6.45) is 0. The van der Waals surface area contributed by atoms with Crippen molar-refractivity contribution in [3.63, 3.8) is 0 Å². The standard InChI is InChI=1S/CH3B2N/c1-4(2)3/h1H3. The van der Waals surface area contributed by atoms with E-state index in [2.05, 4.69) is 0 Å². The first-order chi connectivity index (χ1) is 1.73. The largest absolute Gasteiger partial charge is 0.407 e. The number of hydrogen-bond donors (Lipinski definition) is 0. The molecule has 0 rings (SSSR count). The summed E-state index contributed by atoms with van der Waals surface area (Å²) in [5.74, 6) is 0. The first kappa shape index (κ1) is 4.09. The smallest absolute Gasteiger partial charge is 0.166 e. The van der Waals surface area contributed by atoms with Crippen LogP contribution >= 0.6 is 0 Å². The van der Waals surface area contributed by atoms with E-state index in [9.17, 15) is 0 Å². The van der Waals surface area contributed by atoms with Crippen molar-refractivity contribution in [2.24, 2.45) is 0 Å². The zero-order chi connectivity index (χ0) is 3.58. The molecule has 0 aromatic heterocycles. The molecule has 4 heavy (non-hydrogen) atoms. The van der Waals surface area contributed by atoms with E-state index >= 15 is 0 Å². The summed E-state index contributed by atoms with van der Waals surface area (Å²) in [6, 6.07) is 0. The van der Waals surface area contributed by atoms with Gasteiger partial charge in [-0.2, -0.15) is 0 Å². The van der Waals surface area contributed by atoms with Crippen LogP contribution in [0, 0.1) is 0 Å². The Morgan fingerprint density at radius 1 is 1.50 bits per heavy atom. The van der Waals surface area contributed by atoms with Gasteiger partial charge in [0.05, 0.1) is 0 Å². The lowest BCUT2D eigenvalue weighted by Gasteiger charge is -1.91. The van der Waals surface area contributed by atoms with E-state index < -0.39 is 0 Å². The van der Waals surface area contributed by atoms with Crippen molar-refractivity contribution in [3.8, 4) is 0 Å². The van der Waals surface area contributed by atoms with E-state index in [1.54, 1.807) is 7.05 Å². The van der Waals surface area contributed by atoms with Crippen LogP contribution in [0.3, 0.4) is 0 Å². The molecule has 18 valence electrons. The Labute approximate surface area is 28.8 Å². The second kappa shape index (κ2) is 1.41. The van der Waals surface area contributed by atoms with Gasteiger partial charge in [0.15, 0.2) is 16.0 Å². The molecule has 3 heteroatoms. The molecule has 0 aromatic carbocycles. The third kappa shape index (κ3) is 307. The molecular formula is CH3B2N. The molecule has 0 heterocycles. The summed E-state index contributed by atoms with van der Waals surface area (Å²) < 4.78 is 1.00. The predicted molar refractivity (Wildman–Crippen MR) is 19.3 cm³/mol. The first-order valence-electron chi connectivity index (χ1n) is 0.964. The van der Waals surface area contributed by atoms with Gasteiger partial charge >= 0.3 is 0 Å². The van der Waals surface area contributed by atoms with Crippen LogP contribution in [-0.4, -0.2) is 27.7 Å². The summed E-state index contributed by atoms with van der Waals surface area (Å²) in [5.41, 5.74) is 0. The summed E-state index contributed by atoms with van der Waals surface area (Å²) >= 11 is 0. The number of nitrogens with zero attached hydrogens (tertiary/aromatic N) is 1. The lowest BCUT2D eigenvalue weighted by molar-refractivity contribution is 0.891. The Balaban J connectivity index is 2.32. The molecule has 0 atom stereocenters. The average Bonchev–Trinajstić information content (AvgIpc) is 0.811. The molecule has 0 bridgehead atoms. The van der Waals surface area contributed by atoms with Crippen LogP contribution in [0.25, 0.3) is 0 Å². The Morgan fingerprint density at radius 2 is 1.50 bits per heavy atom. The molecule has 1 nitrogen and oxygen atoms in total. The van der Waals surface area contributed by atoms with Crippen LogP contribution in [0.4, 0.5) is 0 Å². The van der Waals surface area contributed by atoms with Crippen molar-refractivity contribution in [2.75, 3.05) is 7.05 Å². The maximum Gasteiger partial charge on any atom is 0.166 e. The minimum atomic E-state index is 1.00. The fourth-order valence-corrected chi connectivity index (χ4v) is 0. The summed E-state index contributed by atoms with van der Waals surface area (Å²) in [5, 5.41) is 0. The molecule has 0 N–H and O–H groups in total. The summed E-state index contributed by atoms with van der Waals surface area (Å²) in [6.45, 7) is 0. The molecular weight excluding hydrogens is 47.6 g/mol. The SMILES string of the molecule is [B]N([B])C. The van der Waals surface area contributed by atoms with Crippen LogP contribution < -0.4 is 0 Å². The minimum absolute atomic E-state index is 1.00. The van der Waals surface area contributed by atoms with Gasteiger partial charge in [-0.1, -0.05) is 0 Å². The average molecular weight is 50.7 g/mol. The van der Waals surface area contributed by atoms with Crippen LogP contribution in [0.2, 0.25) is 0 Å². The van der Waals surface area contributed by atoms with Crippen molar-refractivity contribution in [1.29, 1.82) is 0 Å². The lowest BCUT2D eigenvalue weighted by atomic mass is 10.2. The van der Waals surface area contributed by atoms with Gasteiger partial charge in [-0.3, -0.25) is 0 Å². The zero-order valence-electron chi connectivity index (χ0n) is 2.60. The predicted octanol–water partition coefficient (Wildman–Crippen LogP) is -0.915. The highest BCUT2D eigenvalue weighted by Gasteiger charge is 1.60. The minimum Gasteiger partial charge on any atom is -0.407 e. The fraction of sp³-hybridized carbons (Fsp3) is 1.00. The molecule has 0 aliphatic carbocycles. The van der Waals surface area contributed by atoms with Gasteiger partial charge in [0, 0.05) is 0 Å². The van der Waals surface area contributed by atoms with E-state index in [-0.39, 0.29) is 0 Å². The Bertz CT molecular complexity index is 10.8. The van der Waals surface area contributed by atoms with E-state index in [1.807, 2.05) is 0 Å². The molecule has 0 unspecified atom stereocenters. The topological polar surface area (TPSA) is 3.24 Å².